The molecule has 0 unspecified atom stereocenters. The summed E-state index contributed by atoms with van der Waals surface area (Å²) in [5.74, 6) is 1.11. The van der Waals surface area contributed by atoms with Gasteiger partial charge in [-0.25, -0.2) is 0 Å². The Labute approximate surface area is 152 Å². The summed E-state index contributed by atoms with van der Waals surface area (Å²) in [5, 5.41) is 9.35. The molecule has 0 aliphatic carbocycles. The van der Waals surface area contributed by atoms with Gasteiger partial charge in [0.25, 0.3) is 0 Å². The van der Waals surface area contributed by atoms with E-state index in [1.165, 1.54) is 5.56 Å². The van der Waals surface area contributed by atoms with E-state index in [2.05, 4.69) is 36.0 Å². The summed E-state index contributed by atoms with van der Waals surface area (Å²) >= 11 is 0. The second kappa shape index (κ2) is 7.00. The fraction of sp³-hybridized carbons (Fsp3) is 0.250. The van der Waals surface area contributed by atoms with Gasteiger partial charge >= 0.3 is 5.91 Å². The second-order valence-corrected chi connectivity index (χ2v) is 7.09. The number of rotatable bonds is 4. The topological polar surface area (TPSA) is 92.8 Å². The minimum absolute atomic E-state index is 0.0726. The van der Waals surface area contributed by atoms with Crippen LogP contribution in [0.3, 0.4) is 0 Å². The van der Waals surface area contributed by atoms with E-state index in [0.29, 0.717) is 17.4 Å². The Morgan fingerprint density at radius 2 is 1.73 bits per heavy atom. The third kappa shape index (κ3) is 3.91. The van der Waals surface area contributed by atoms with E-state index in [1.807, 2.05) is 48.5 Å². The largest absolute Gasteiger partial charge is 0.484 e. The van der Waals surface area contributed by atoms with Crippen LogP contribution < -0.4 is 10.5 Å². The molecule has 0 atom stereocenters. The number of amides is 1. The Balaban J connectivity index is 1.63. The maximum absolute atomic E-state index is 11.9. The van der Waals surface area contributed by atoms with Crippen LogP contribution >= 0.6 is 0 Å². The molecule has 1 heterocycles. The molecule has 134 valence electrons. The fourth-order valence-corrected chi connectivity index (χ4v) is 2.60. The molecule has 0 saturated heterocycles. The fourth-order valence-electron chi connectivity index (χ4n) is 2.60. The van der Waals surface area contributed by atoms with Gasteiger partial charge in [0, 0.05) is 10.8 Å². The molecular weight excluding hydrogens is 328 g/mol. The Morgan fingerprint density at radius 3 is 2.38 bits per heavy atom. The lowest BCUT2D eigenvalue weighted by molar-refractivity contribution is -0.120. The number of H-pyrrole nitrogens is 1. The van der Waals surface area contributed by atoms with Gasteiger partial charge in [0.05, 0.1) is 0 Å². The number of aromatic nitrogens is 1. The van der Waals surface area contributed by atoms with Crippen LogP contribution in [0.5, 0.6) is 5.75 Å². The first-order valence-corrected chi connectivity index (χ1v) is 8.39. The van der Waals surface area contributed by atoms with Crippen molar-refractivity contribution >= 4 is 28.3 Å². The lowest BCUT2D eigenvalue weighted by Gasteiger charge is -2.19. The van der Waals surface area contributed by atoms with Crippen LogP contribution in [0.25, 0.3) is 10.8 Å². The van der Waals surface area contributed by atoms with Crippen LogP contribution in [-0.2, 0) is 10.2 Å². The van der Waals surface area contributed by atoms with Crippen molar-refractivity contribution < 1.29 is 9.53 Å². The van der Waals surface area contributed by atoms with E-state index in [9.17, 15) is 4.79 Å². The molecule has 3 rings (SSSR count). The van der Waals surface area contributed by atoms with Crippen molar-refractivity contribution in [3.05, 3.63) is 54.1 Å². The van der Waals surface area contributed by atoms with Gasteiger partial charge in [-0.1, -0.05) is 57.2 Å². The highest BCUT2D eigenvalue weighted by molar-refractivity contribution is 5.99. The third-order valence-corrected chi connectivity index (χ3v) is 4.07. The van der Waals surface area contributed by atoms with Gasteiger partial charge in [-0.3, -0.25) is 4.79 Å². The molecule has 3 N–H and O–H groups in total. The number of azo groups is 1. The van der Waals surface area contributed by atoms with Crippen molar-refractivity contribution in [2.45, 2.75) is 26.2 Å². The van der Waals surface area contributed by atoms with Gasteiger partial charge in [0.2, 0.25) is 0 Å². The van der Waals surface area contributed by atoms with Crippen molar-refractivity contribution in [3.8, 4) is 5.75 Å². The predicted octanol–water partition coefficient (Wildman–Crippen LogP) is 4.74. The first kappa shape index (κ1) is 17.7. The number of fused-ring (bicyclic) bond motifs is 1. The van der Waals surface area contributed by atoms with Crippen LogP contribution in [-0.4, -0.2) is 17.5 Å². The monoisotopic (exact) mass is 350 g/mol. The average molecular weight is 350 g/mol. The maximum atomic E-state index is 11.9. The highest BCUT2D eigenvalue weighted by Crippen LogP contribution is 2.30. The molecule has 0 aliphatic rings. The number of aromatic amines is 1. The average Bonchev–Trinajstić information content (AvgIpc) is 2.94. The molecule has 0 bridgehead atoms. The lowest BCUT2D eigenvalue weighted by atomic mass is 9.87. The van der Waals surface area contributed by atoms with Gasteiger partial charge in [-0.15, -0.1) is 10.2 Å². The molecule has 6 nitrogen and oxygen atoms in total. The summed E-state index contributed by atoms with van der Waals surface area (Å²) < 4.78 is 5.48. The highest BCUT2D eigenvalue weighted by atomic mass is 16.5. The number of ether oxygens (including phenoxy) is 1. The molecule has 3 aromatic rings. The first-order chi connectivity index (χ1) is 12.3. The number of benzene rings is 2. The second-order valence-electron chi connectivity index (χ2n) is 7.09. The Bertz CT molecular complexity index is 950. The molecule has 0 radical (unpaired) electrons. The Kier molecular flexibility index (Phi) is 4.75. The van der Waals surface area contributed by atoms with E-state index < -0.39 is 5.91 Å². The Hall–Kier alpha value is -3.15. The van der Waals surface area contributed by atoms with Gasteiger partial charge in [-0.05, 0) is 23.1 Å². The number of nitrogens with one attached hydrogen (secondary N) is 1. The predicted molar refractivity (Wildman–Crippen MR) is 103 cm³/mol. The molecular formula is C20H22N4O2. The summed E-state index contributed by atoms with van der Waals surface area (Å²) in [6.45, 7) is 6.25. The van der Waals surface area contributed by atoms with Crippen molar-refractivity contribution in [2.75, 3.05) is 12.3 Å². The van der Waals surface area contributed by atoms with Gasteiger partial charge < -0.3 is 15.5 Å². The van der Waals surface area contributed by atoms with Crippen molar-refractivity contribution in [1.29, 1.82) is 0 Å². The SMILES string of the molecule is CC(C)(C)c1ccc(OCC(=O)N=Nc2[nH]c(N)c3ccccc23)cc1. The zero-order chi connectivity index (χ0) is 18.7. The summed E-state index contributed by atoms with van der Waals surface area (Å²) in [7, 11) is 0. The minimum Gasteiger partial charge on any atom is -0.484 e. The zero-order valence-corrected chi connectivity index (χ0v) is 15.1. The first-order valence-electron chi connectivity index (χ1n) is 8.39. The van der Waals surface area contributed by atoms with E-state index in [-0.39, 0.29) is 12.0 Å². The standard InChI is InChI=1S/C20H22N4O2/c1-20(2,3)13-8-10-14(11-9-13)26-12-17(25)23-24-19-16-7-5-4-6-15(16)18(21)22-19/h4-11,22H,12,21H2,1-3H3. The minimum atomic E-state index is -0.470. The smallest absolute Gasteiger partial charge is 0.302 e. The van der Waals surface area contributed by atoms with E-state index in [4.69, 9.17) is 10.5 Å². The summed E-state index contributed by atoms with van der Waals surface area (Å²) in [6, 6.07) is 15.2. The van der Waals surface area contributed by atoms with Crippen molar-refractivity contribution in [1.82, 2.24) is 4.98 Å². The molecule has 1 aromatic heterocycles. The lowest BCUT2D eigenvalue weighted by Crippen LogP contribution is -2.11. The van der Waals surface area contributed by atoms with Crippen LogP contribution in [0.2, 0.25) is 0 Å². The number of hydrogen-bond acceptors (Lipinski definition) is 4. The summed E-state index contributed by atoms with van der Waals surface area (Å²) in [6.07, 6.45) is 0. The number of carbonyl (C=O) groups is 1. The van der Waals surface area contributed by atoms with Crippen molar-refractivity contribution in [2.24, 2.45) is 10.2 Å². The summed E-state index contributed by atoms with van der Waals surface area (Å²) in [4.78, 5) is 14.9. The number of carbonyl (C=O) groups excluding carboxylic acids is 1. The molecule has 26 heavy (non-hydrogen) atoms. The van der Waals surface area contributed by atoms with Crippen LogP contribution in [0.1, 0.15) is 26.3 Å². The molecule has 0 fully saturated rings. The molecule has 0 aliphatic heterocycles. The van der Waals surface area contributed by atoms with Gasteiger partial charge in [-0.2, -0.15) is 0 Å². The number of hydrogen-bond donors (Lipinski definition) is 2. The highest BCUT2D eigenvalue weighted by Gasteiger charge is 2.13. The molecule has 2 aromatic carbocycles. The zero-order valence-electron chi connectivity index (χ0n) is 15.1. The normalized spacial score (nSPS) is 12.0. The van der Waals surface area contributed by atoms with Crippen LogP contribution in [0.4, 0.5) is 11.6 Å². The van der Waals surface area contributed by atoms with Gasteiger partial charge in [0.1, 0.15) is 11.6 Å². The molecule has 0 spiro atoms. The molecule has 6 heteroatoms. The van der Waals surface area contributed by atoms with E-state index in [1.54, 1.807) is 0 Å². The third-order valence-electron chi connectivity index (χ3n) is 4.07. The quantitative estimate of drug-likeness (QED) is 0.666. The van der Waals surface area contributed by atoms with Crippen LogP contribution in [0.15, 0.2) is 58.8 Å². The molecule has 0 saturated carbocycles. The number of nitrogens with zero attached hydrogens (tertiary/aromatic N) is 2. The van der Waals surface area contributed by atoms with Gasteiger partial charge in [0.15, 0.2) is 12.4 Å². The number of nitrogens with two attached hydrogens (primary N) is 1. The number of anilines is 1. The number of nitrogen functional groups attached to an aromatic ring is 1. The maximum Gasteiger partial charge on any atom is 0.302 e. The van der Waals surface area contributed by atoms with E-state index >= 15 is 0 Å². The Morgan fingerprint density at radius 1 is 1.08 bits per heavy atom. The van der Waals surface area contributed by atoms with E-state index in [0.717, 1.165) is 10.8 Å². The van der Waals surface area contributed by atoms with Crippen molar-refractivity contribution in [3.63, 3.8) is 0 Å². The molecule has 1 amide bonds. The summed E-state index contributed by atoms with van der Waals surface area (Å²) in [5.41, 5.74) is 7.17. The van der Waals surface area contributed by atoms with Crippen LogP contribution in [0, 0.1) is 0 Å².